The van der Waals surface area contributed by atoms with Gasteiger partial charge in [-0.2, -0.15) is 9.97 Å². The first-order valence-electron chi connectivity index (χ1n) is 7.79. The number of benzene rings is 2. The monoisotopic (exact) mass is 319 g/mol. The van der Waals surface area contributed by atoms with E-state index in [2.05, 4.69) is 46.1 Å². The molecule has 0 bridgehead atoms. The number of nitrogens with two attached hydrogens (primary N) is 1. The molecule has 2 aromatic carbocycles. The molecule has 1 aromatic heterocycles. The van der Waals surface area contributed by atoms with Crippen LogP contribution in [0.3, 0.4) is 0 Å². The molecule has 2 N–H and O–H groups in total. The van der Waals surface area contributed by atoms with Crippen molar-refractivity contribution in [3.05, 3.63) is 66.2 Å². The van der Waals surface area contributed by atoms with Gasteiger partial charge in [-0.3, -0.25) is 4.90 Å². The second-order valence-electron chi connectivity index (χ2n) is 5.79. The second-order valence-corrected chi connectivity index (χ2v) is 5.79. The molecule has 0 saturated heterocycles. The van der Waals surface area contributed by atoms with Gasteiger partial charge in [0, 0.05) is 25.8 Å². The van der Waals surface area contributed by atoms with Gasteiger partial charge in [0.05, 0.1) is 5.69 Å². The van der Waals surface area contributed by atoms with Gasteiger partial charge in [-0.05, 0) is 30.7 Å². The zero-order chi connectivity index (χ0) is 17.1. The van der Waals surface area contributed by atoms with E-state index in [0.29, 0.717) is 0 Å². The van der Waals surface area contributed by atoms with Gasteiger partial charge < -0.3 is 10.6 Å². The molecular formula is C19H21N5. The number of aromatic nitrogens is 2. The minimum atomic E-state index is 0.255. The van der Waals surface area contributed by atoms with E-state index in [1.165, 1.54) is 0 Å². The van der Waals surface area contributed by atoms with Crippen molar-refractivity contribution in [2.24, 2.45) is 0 Å². The lowest BCUT2D eigenvalue weighted by molar-refractivity contribution is 1.03. The van der Waals surface area contributed by atoms with E-state index in [4.69, 9.17) is 5.73 Å². The molecule has 1 heterocycles. The first-order valence-corrected chi connectivity index (χ1v) is 7.79. The van der Waals surface area contributed by atoms with Gasteiger partial charge in [0.1, 0.15) is 11.6 Å². The Morgan fingerprint density at radius 1 is 0.833 bits per heavy atom. The first kappa shape index (κ1) is 15.8. The standard InChI is InChI=1S/C19H21N5/c1-14-9-7-8-12-16(14)24(15-10-5-4-6-11-15)18-13-17(23(2)3)21-19(20)22-18/h4-13H,1-3H3,(H2,20,21,22). The minimum absolute atomic E-state index is 0.255. The second kappa shape index (κ2) is 6.58. The minimum Gasteiger partial charge on any atom is -0.368 e. The number of hydrogen-bond acceptors (Lipinski definition) is 5. The van der Waals surface area contributed by atoms with Crippen LogP contribution in [0.15, 0.2) is 60.7 Å². The van der Waals surface area contributed by atoms with Crippen molar-refractivity contribution in [2.75, 3.05) is 29.6 Å². The Morgan fingerprint density at radius 3 is 2.12 bits per heavy atom. The third kappa shape index (κ3) is 3.15. The van der Waals surface area contributed by atoms with Crippen LogP contribution in [-0.4, -0.2) is 24.1 Å². The van der Waals surface area contributed by atoms with Crippen LogP contribution in [0.25, 0.3) is 0 Å². The van der Waals surface area contributed by atoms with Crippen molar-refractivity contribution in [3.8, 4) is 0 Å². The zero-order valence-electron chi connectivity index (χ0n) is 14.1. The Hall–Kier alpha value is -3.08. The van der Waals surface area contributed by atoms with Gasteiger partial charge in [0.2, 0.25) is 5.95 Å². The highest BCUT2D eigenvalue weighted by molar-refractivity contribution is 5.77. The molecule has 0 fully saturated rings. The number of nitrogens with zero attached hydrogens (tertiary/aromatic N) is 4. The van der Waals surface area contributed by atoms with Crippen molar-refractivity contribution < 1.29 is 0 Å². The van der Waals surface area contributed by atoms with E-state index in [0.717, 1.165) is 28.6 Å². The molecule has 0 unspecified atom stereocenters. The number of rotatable bonds is 4. The van der Waals surface area contributed by atoms with Crippen LogP contribution in [0.5, 0.6) is 0 Å². The van der Waals surface area contributed by atoms with Gasteiger partial charge in [0.25, 0.3) is 0 Å². The molecule has 0 amide bonds. The topological polar surface area (TPSA) is 58.3 Å². The van der Waals surface area contributed by atoms with Crippen LogP contribution in [0, 0.1) is 6.92 Å². The van der Waals surface area contributed by atoms with E-state index < -0.39 is 0 Å². The SMILES string of the molecule is Cc1ccccc1N(c1ccccc1)c1cc(N(C)C)nc(N)n1. The van der Waals surface area contributed by atoms with Crippen LogP contribution in [0.1, 0.15) is 5.56 Å². The maximum atomic E-state index is 5.95. The van der Waals surface area contributed by atoms with Crippen molar-refractivity contribution in [1.82, 2.24) is 9.97 Å². The predicted octanol–water partition coefficient (Wildman–Crippen LogP) is 3.90. The lowest BCUT2D eigenvalue weighted by Crippen LogP contribution is -2.17. The van der Waals surface area contributed by atoms with Gasteiger partial charge in [-0.1, -0.05) is 36.4 Å². The van der Waals surface area contributed by atoms with Crippen LogP contribution in [0.2, 0.25) is 0 Å². The summed E-state index contributed by atoms with van der Waals surface area (Å²) in [6, 6.07) is 20.3. The fourth-order valence-corrected chi connectivity index (χ4v) is 2.57. The van der Waals surface area contributed by atoms with Crippen molar-refractivity contribution in [2.45, 2.75) is 6.92 Å². The third-order valence-electron chi connectivity index (χ3n) is 3.77. The number of anilines is 5. The van der Waals surface area contributed by atoms with Crippen LogP contribution < -0.4 is 15.5 Å². The molecule has 0 aliphatic carbocycles. The number of para-hydroxylation sites is 2. The van der Waals surface area contributed by atoms with Crippen LogP contribution >= 0.6 is 0 Å². The summed E-state index contributed by atoms with van der Waals surface area (Å²) in [6.07, 6.45) is 0. The van der Waals surface area contributed by atoms with Crippen molar-refractivity contribution in [1.29, 1.82) is 0 Å². The van der Waals surface area contributed by atoms with E-state index in [-0.39, 0.29) is 5.95 Å². The summed E-state index contributed by atoms with van der Waals surface area (Å²) in [7, 11) is 3.87. The third-order valence-corrected chi connectivity index (χ3v) is 3.77. The van der Waals surface area contributed by atoms with Crippen LogP contribution in [-0.2, 0) is 0 Å². The first-order chi connectivity index (χ1) is 11.6. The van der Waals surface area contributed by atoms with Crippen LogP contribution in [0.4, 0.5) is 29.0 Å². The van der Waals surface area contributed by atoms with Crippen molar-refractivity contribution in [3.63, 3.8) is 0 Å². The summed E-state index contributed by atoms with van der Waals surface area (Å²) in [5.41, 5.74) is 9.20. The summed E-state index contributed by atoms with van der Waals surface area (Å²) in [4.78, 5) is 12.8. The maximum Gasteiger partial charge on any atom is 0.223 e. The average Bonchev–Trinajstić information content (AvgIpc) is 2.57. The fourth-order valence-electron chi connectivity index (χ4n) is 2.57. The summed E-state index contributed by atoms with van der Waals surface area (Å²) in [5, 5.41) is 0. The summed E-state index contributed by atoms with van der Waals surface area (Å²) in [5.74, 6) is 1.77. The number of hydrogen-bond donors (Lipinski definition) is 1. The van der Waals surface area contributed by atoms with E-state index in [1.807, 2.05) is 55.4 Å². The average molecular weight is 319 g/mol. The molecule has 0 atom stereocenters. The molecule has 0 radical (unpaired) electrons. The fraction of sp³-hybridized carbons (Fsp3) is 0.158. The molecular weight excluding hydrogens is 298 g/mol. The van der Waals surface area contributed by atoms with E-state index in [1.54, 1.807) is 0 Å². The summed E-state index contributed by atoms with van der Waals surface area (Å²) >= 11 is 0. The Bertz CT molecular complexity index is 830. The smallest absolute Gasteiger partial charge is 0.223 e. The molecule has 3 aromatic rings. The quantitative estimate of drug-likeness (QED) is 0.790. The Morgan fingerprint density at radius 2 is 1.46 bits per heavy atom. The number of aryl methyl sites for hydroxylation is 1. The van der Waals surface area contributed by atoms with Gasteiger partial charge in [-0.25, -0.2) is 0 Å². The normalized spacial score (nSPS) is 10.5. The molecule has 24 heavy (non-hydrogen) atoms. The Kier molecular flexibility index (Phi) is 4.33. The summed E-state index contributed by atoms with van der Waals surface area (Å²) in [6.45, 7) is 2.09. The molecule has 0 aliphatic heterocycles. The van der Waals surface area contributed by atoms with E-state index >= 15 is 0 Å². The molecule has 5 nitrogen and oxygen atoms in total. The molecule has 122 valence electrons. The Labute approximate surface area is 142 Å². The van der Waals surface area contributed by atoms with Crippen molar-refractivity contribution >= 4 is 29.0 Å². The van der Waals surface area contributed by atoms with E-state index in [9.17, 15) is 0 Å². The summed E-state index contributed by atoms with van der Waals surface area (Å²) < 4.78 is 0. The Balaban J connectivity index is 2.21. The molecule has 0 aliphatic rings. The lowest BCUT2D eigenvalue weighted by Gasteiger charge is -2.26. The molecule has 0 saturated carbocycles. The highest BCUT2D eigenvalue weighted by Gasteiger charge is 2.17. The molecule has 3 rings (SSSR count). The van der Waals surface area contributed by atoms with Gasteiger partial charge >= 0.3 is 0 Å². The lowest BCUT2D eigenvalue weighted by atomic mass is 10.1. The predicted molar refractivity (Wildman–Crippen MR) is 100 cm³/mol. The molecule has 0 spiro atoms. The zero-order valence-corrected chi connectivity index (χ0v) is 14.1. The molecule has 5 heteroatoms. The highest BCUT2D eigenvalue weighted by Crippen LogP contribution is 2.36. The van der Waals surface area contributed by atoms with Gasteiger partial charge in [-0.15, -0.1) is 0 Å². The highest BCUT2D eigenvalue weighted by atomic mass is 15.2. The number of nitrogen functional groups attached to an aromatic ring is 1. The van der Waals surface area contributed by atoms with Gasteiger partial charge in [0.15, 0.2) is 0 Å². The maximum absolute atomic E-state index is 5.95. The largest absolute Gasteiger partial charge is 0.368 e.